The van der Waals surface area contributed by atoms with Crippen molar-refractivity contribution in [1.82, 2.24) is 9.88 Å². The molecular formula is C18H18N2O4S. The van der Waals surface area contributed by atoms with Crippen LogP contribution in [0.15, 0.2) is 42.5 Å². The predicted octanol–water partition coefficient (Wildman–Crippen LogP) is 3.94. The Morgan fingerprint density at radius 2 is 1.96 bits per heavy atom. The Bertz CT molecular complexity index is 859. The number of carbonyl (C=O) groups is 1. The molecule has 2 aromatic carbocycles. The SMILES string of the molecule is COc1cc(OC(=O)N(C)C)ccc1OCc1nc2ccccc2s1. The molecule has 0 aliphatic rings. The summed E-state index contributed by atoms with van der Waals surface area (Å²) in [5, 5.41) is 0.881. The summed E-state index contributed by atoms with van der Waals surface area (Å²) in [5.74, 6) is 1.44. The van der Waals surface area contributed by atoms with Gasteiger partial charge in [-0.2, -0.15) is 0 Å². The van der Waals surface area contributed by atoms with Crippen molar-refractivity contribution in [2.45, 2.75) is 6.61 Å². The Morgan fingerprint density at radius 1 is 1.16 bits per heavy atom. The third-order valence-electron chi connectivity index (χ3n) is 3.39. The summed E-state index contributed by atoms with van der Waals surface area (Å²) in [6.45, 7) is 0.340. The highest BCUT2D eigenvalue weighted by molar-refractivity contribution is 7.18. The van der Waals surface area contributed by atoms with E-state index in [0.717, 1.165) is 15.2 Å². The minimum Gasteiger partial charge on any atom is -0.493 e. The highest BCUT2D eigenvalue weighted by Crippen LogP contribution is 2.32. The molecule has 0 aliphatic heterocycles. The van der Waals surface area contributed by atoms with Gasteiger partial charge in [0.1, 0.15) is 17.4 Å². The van der Waals surface area contributed by atoms with E-state index < -0.39 is 6.09 Å². The molecule has 3 rings (SSSR count). The molecule has 6 nitrogen and oxygen atoms in total. The summed E-state index contributed by atoms with van der Waals surface area (Å²) in [4.78, 5) is 17.5. The topological polar surface area (TPSA) is 60.9 Å². The number of hydrogen-bond acceptors (Lipinski definition) is 6. The zero-order valence-electron chi connectivity index (χ0n) is 14.2. The highest BCUT2D eigenvalue weighted by atomic mass is 32.1. The number of nitrogens with zero attached hydrogens (tertiary/aromatic N) is 2. The van der Waals surface area contributed by atoms with E-state index in [2.05, 4.69) is 4.98 Å². The monoisotopic (exact) mass is 358 g/mol. The number of amides is 1. The fraction of sp³-hybridized carbons (Fsp3) is 0.222. The Kier molecular flexibility index (Phi) is 5.04. The van der Waals surface area contributed by atoms with Gasteiger partial charge < -0.3 is 19.1 Å². The molecule has 0 N–H and O–H groups in total. The first-order valence-corrected chi connectivity index (χ1v) is 8.43. The van der Waals surface area contributed by atoms with Crippen molar-refractivity contribution in [3.8, 4) is 17.2 Å². The quantitative estimate of drug-likeness (QED) is 0.691. The van der Waals surface area contributed by atoms with Gasteiger partial charge in [-0.15, -0.1) is 11.3 Å². The molecule has 0 bridgehead atoms. The summed E-state index contributed by atoms with van der Waals surface area (Å²) in [7, 11) is 4.78. The smallest absolute Gasteiger partial charge is 0.414 e. The second kappa shape index (κ2) is 7.40. The fourth-order valence-electron chi connectivity index (χ4n) is 2.14. The van der Waals surface area contributed by atoms with Crippen molar-refractivity contribution < 1.29 is 19.0 Å². The second-order valence-corrected chi connectivity index (χ2v) is 6.55. The van der Waals surface area contributed by atoms with Gasteiger partial charge in [0.2, 0.25) is 0 Å². The van der Waals surface area contributed by atoms with Gasteiger partial charge in [-0.1, -0.05) is 12.1 Å². The molecule has 0 fully saturated rings. The van der Waals surface area contributed by atoms with E-state index in [1.807, 2.05) is 24.3 Å². The Balaban J connectivity index is 1.72. The molecule has 1 amide bonds. The van der Waals surface area contributed by atoms with Crippen LogP contribution in [0.5, 0.6) is 17.2 Å². The van der Waals surface area contributed by atoms with E-state index in [4.69, 9.17) is 14.2 Å². The van der Waals surface area contributed by atoms with Crippen molar-refractivity contribution in [2.24, 2.45) is 0 Å². The van der Waals surface area contributed by atoms with Crippen LogP contribution in [-0.2, 0) is 6.61 Å². The van der Waals surface area contributed by atoms with Crippen LogP contribution in [0.3, 0.4) is 0 Å². The molecule has 7 heteroatoms. The molecule has 0 atom stereocenters. The first kappa shape index (κ1) is 17.0. The molecule has 0 unspecified atom stereocenters. The van der Waals surface area contributed by atoms with Crippen molar-refractivity contribution in [3.05, 3.63) is 47.5 Å². The molecule has 1 heterocycles. The van der Waals surface area contributed by atoms with Crippen LogP contribution in [0.4, 0.5) is 4.79 Å². The van der Waals surface area contributed by atoms with Crippen LogP contribution in [0.2, 0.25) is 0 Å². The first-order chi connectivity index (χ1) is 12.1. The zero-order chi connectivity index (χ0) is 17.8. The van der Waals surface area contributed by atoms with Crippen molar-refractivity contribution in [3.63, 3.8) is 0 Å². The maximum absolute atomic E-state index is 11.6. The minimum absolute atomic E-state index is 0.340. The predicted molar refractivity (Wildman–Crippen MR) is 96.7 cm³/mol. The molecule has 0 aliphatic carbocycles. The molecule has 0 saturated carbocycles. The number of para-hydroxylation sites is 1. The average Bonchev–Trinajstić information content (AvgIpc) is 3.03. The maximum Gasteiger partial charge on any atom is 0.414 e. The Labute approximate surface area is 149 Å². The van der Waals surface area contributed by atoms with E-state index in [-0.39, 0.29) is 0 Å². The van der Waals surface area contributed by atoms with Crippen molar-refractivity contribution in [1.29, 1.82) is 0 Å². The van der Waals surface area contributed by atoms with Gasteiger partial charge in [0.05, 0.1) is 17.3 Å². The lowest BCUT2D eigenvalue weighted by atomic mass is 10.3. The van der Waals surface area contributed by atoms with E-state index in [1.54, 1.807) is 43.6 Å². The lowest BCUT2D eigenvalue weighted by molar-refractivity contribution is 0.171. The van der Waals surface area contributed by atoms with Crippen molar-refractivity contribution >= 4 is 27.6 Å². The molecule has 130 valence electrons. The lowest BCUT2D eigenvalue weighted by Crippen LogP contribution is -2.25. The number of ether oxygens (including phenoxy) is 3. The zero-order valence-corrected chi connectivity index (χ0v) is 15.0. The van der Waals surface area contributed by atoms with Gasteiger partial charge in [0.15, 0.2) is 11.5 Å². The molecule has 0 radical (unpaired) electrons. The number of methoxy groups -OCH3 is 1. The number of fused-ring (bicyclic) bond motifs is 1. The number of aromatic nitrogens is 1. The van der Waals surface area contributed by atoms with Gasteiger partial charge in [-0.05, 0) is 24.3 Å². The Morgan fingerprint density at radius 3 is 2.68 bits per heavy atom. The molecule has 0 spiro atoms. The van der Waals surface area contributed by atoms with Crippen LogP contribution in [-0.4, -0.2) is 37.2 Å². The average molecular weight is 358 g/mol. The fourth-order valence-corrected chi connectivity index (χ4v) is 3.02. The summed E-state index contributed by atoms with van der Waals surface area (Å²) >= 11 is 1.59. The van der Waals surface area contributed by atoms with Gasteiger partial charge in [0.25, 0.3) is 0 Å². The lowest BCUT2D eigenvalue weighted by Gasteiger charge is -2.13. The standard InChI is InChI=1S/C18H18N2O4S/c1-20(2)18(21)24-12-8-9-14(15(10-12)22-3)23-11-17-19-13-6-4-5-7-16(13)25-17/h4-10H,11H2,1-3H3. The number of rotatable bonds is 5. The van der Waals surface area contributed by atoms with Gasteiger partial charge >= 0.3 is 6.09 Å². The van der Waals surface area contributed by atoms with Crippen LogP contribution in [0, 0.1) is 0 Å². The van der Waals surface area contributed by atoms with Crippen molar-refractivity contribution in [2.75, 3.05) is 21.2 Å². The summed E-state index contributed by atoms with van der Waals surface area (Å²) in [6, 6.07) is 13.0. The largest absolute Gasteiger partial charge is 0.493 e. The van der Waals surface area contributed by atoms with Crippen LogP contribution < -0.4 is 14.2 Å². The van der Waals surface area contributed by atoms with E-state index >= 15 is 0 Å². The molecule has 0 saturated heterocycles. The highest BCUT2D eigenvalue weighted by Gasteiger charge is 2.12. The third kappa shape index (κ3) is 4.00. The van der Waals surface area contributed by atoms with Crippen LogP contribution in [0.1, 0.15) is 5.01 Å². The number of hydrogen-bond donors (Lipinski definition) is 0. The molecule has 1 aromatic heterocycles. The van der Waals surface area contributed by atoms with Gasteiger partial charge in [-0.25, -0.2) is 9.78 Å². The molecule has 25 heavy (non-hydrogen) atoms. The third-order valence-corrected chi connectivity index (χ3v) is 4.40. The summed E-state index contributed by atoms with van der Waals surface area (Å²) in [6.07, 6.45) is -0.454. The van der Waals surface area contributed by atoms with E-state index in [0.29, 0.717) is 23.9 Å². The van der Waals surface area contributed by atoms with E-state index in [1.165, 1.54) is 12.0 Å². The summed E-state index contributed by atoms with van der Waals surface area (Å²) < 4.78 is 17.5. The number of benzene rings is 2. The molecule has 3 aromatic rings. The number of carbonyl (C=O) groups excluding carboxylic acids is 1. The number of thiazole rings is 1. The summed E-state index contributed by atoms with van der Waals surface area (Å²) in [5.41, 5.74) is 0.962. The minimum atomic E-state index is -0.454. The maximum atomic E-state index is 11.6. The Hall–Kier alpha value is -2.80. The van der Waals surface area contributed by atoms with Gasteiger partial charge in [-0.3, -0.25) is 0 Å². The normalized spacial score (nSPS) is 10.5. The van der Waals surface area contributed by atoms with Gasteiger partial charge in [0, 0.05) is 20.2 Å². The van der Waals surface area contributed by atoms with E-state index in [9.17, 15) is 4.79 Å². The van der Waals surface area contributed by atoms with Crippen LogP contribution in [0.25, 0.3) is 10.2 Å². The van der Waals surface area contributed by atoms with Crippen LogP contribution >= 0.6 is 11.3 Å². The first-order valence-electron chi connectivity index (χ1n) is 7.61. The second-order valence-electron chi connectivity index (χ2n) is 5.44. The molecular weight excluding hydrogens is 340 g/mol.